The third-order valence-electron chi connectivity index (χ3n) is 3.14. The highest BCUT2D eigenvalue weighted by molar-refractivity contribution is 6.32. The smallest absolute Gasteiger partial charge is 0.258 e. The molecule has 0 aliphatic rings. The molecule has 0 aliphatic carbocycles. The van der Waals surface area contributed by atoms with E-state index in [-0.39, 0.29) is 17.2 Å². The van der Waals surface area contributed by atoms with Gasteiger partial charge in [0.05, 0.1) is 22.2 Å². The van der Waals surface area contributed by atoms with Crippen LogP contribution in [0.15, 0.2) is 12.1 Å². The number of aryl methyl sites for hydroxylation is 1. The molecule has 0 amide bonds. The fourth-order valence-electron chi connectivity index (χ4n) is 2.18. The maximum atomic E-state index is 11.2. The van der Waals surface area contributed by atoms with Crippen molar-refractivity contribution in [3.63, 3.8) is 0 Å². The maximum Gasteiger partial charge on any atom is 0.313 e. The summed E-state index contributed by atoms with van der Waals surface area (Å²) in [7, 11) is 0. The van der Waals surface area contributed by atoms with Crippen LogP contribution in [0.5, 0.6) is 0 Å². The lowest BCUT2D eigenvalue weighted by molar-refractivity contribution is -0.386. The minimum Gasteiger partial charge on any atom is -0.258 e. The van der Waals surface area contributed by atoms with Crippen molar-refractivity contribution in [1.82, 2.24) is 14.8 Å². The number of aromatic nitrogens is 3. The number of nitrogens with zero attached hydrogens (tertiary/aromatic N) is 4. The first-order valence-corrected chi connectivity index (χ1v) is 7.27. The molecule has 0 saturated heterocycles. The van der Waals surface area contributed by atoms with E-state index in [9.17, 15) is 10.1 Å². The Balaban J connectivity index is 2.49. The Kier molecular flexibility index (Phi) is 4.80. The van der Waals surface area contributed by atoms with Crippen molar-refractivity contribution in [1.29, 1.82) is 0 Å². The molecule has 2 heterocycles. The van der Waals surface area contributed by atoms with Crippen molar-refractivity contribution in [3.05, 3.63) is 49.5 Å². The number of rotatable bonds is 5. The van der Waals surface area contributed by atoms with Gasteiger partial charge >= 0.3 is 5.69 Å². The highest BCUT2D eigenvalue weighted by Crippen LogP contribution is 2.26. The van der Waals surface area contributed by atoms with E-state index in [1.54, 1.807) is 16.8 Å². The van der Waals surface area contributed by atoms with Crippen LogP contribution < -0.4 is 0 Å². The van der Waals surface area contributed by atoms with E-state index >= 15 is 0 Å². The Bertz CT molecular complexity index is 685. The van der Waals surface area contributed by atoms with Crippen LogP contribution in [0.4, 0.5) is 5.69 Å². The zero-order valence-corrected chi connectivity index (χ0v) is 13.1. The van der Waals surface area contributed by atoms with Crippen molar-refractivity contribution in [3.8, 4) is 0 Å². The Morgan fingerprint density at radius 1 is 1.24 bits per heavy atom. The summed E-state index contributed by atoms with van der Waals surface area (Å²) in [6, 6.07) is 3.24. The molecule has 2 aromatic rings. The number of pyridine rings is 1. The minimum absolute atomic E-state index is 0.0816. The van der Waals surface area contributed by atoms with Gasteiger partial charge in [0.2, 0.25) is 0 Å². The van der Waals surface area contributed by atoms with E-state index in [1.165, 1.54) is 0 Å². The average molecular weight is 329 g/mol. The Labute approximate surface area is 131 Å². The molecule has 0 spiro atoms. The van der Waals surface area contributed by atoms with Gasteiger partial charge in [-0.05, 0) is 25.0 Å². The van der Waals surface area contributed by atoms with Gasteiger partial charge in [0.25, 0.3) is 0 Å². The first-order valence-electron chi connectivity index (χ1n) is 6.51. The number of halogens is 2. The molecule has 0 fully saturated rings. The zero-order chi connectivity index (χ0) is 15.6. The van der Waals surface area contributed by atoms with Gasteiger partial charge in [-0.1, -0.05) is 37.0 Å². The topological polar surface area (TPSA) is 73.8 Å². The van der Waals surface area contributed by atoms with Crippen molar-refractivity contribution in [2.45, 2.75) is 33.2 Å². The van der Waals surface area contributed by atoms with Crippen molar-refractivity contribution in [2.24, 2.45) is 0 Å². The predicted molar refractivity (Wildman–Crippen MR) is 81.0 cm³/mol. The third-order valence-corrected chi connectivity index (χ3v) is 3.69. The summed E-state index contributed by atoms with van der Waals surface area (Å²) >= 11 is 12.0. The number of hydrogen-bond donors (Lipinski definition) is 0. The minimum atomic E-state index is -0.381. The molecule has 0 atom stereocenters. The van der Waals surface area contributed by atoms with Crippen LogP contribution in [-0.2, 0) is 19.4 Å². The largest absolute Gasteiger partial charge is 0.313 e. The van der Waals surface area contributed by atoms with E-state index in [0.717, 1.165) is 0 Å². The molecule has 0 N–H and O–H groups in total. The third kappa shape index (κ3) is 3.16. The van der Waals surface area contributed by atoms with Gasteiger partial charge < -0.3 is 0 Å². The van der Waals surface area contributed by atoms with E-state index in [0.29, 0.717) is 40.1 Å². The molecular formula is C13H14Cl2N4O2. The molecular weight excluding hydrogens is 315 g/mol. The van der Waals surface area contributed by atoms with E-state index in [1.807, 2.05) is 13.8 Å². The van der Waals surface area contributed by atoms with E-state index in [2.05, 4.69) is 10.1 Å². The Morgan fingerprint density at radius 2 is 1.95 bits per heavy atom. The molecule has 0 bridgehead atoms. The fourth-order valence-corrected chi connectivity index (χ4v) is 2.51. The average Bonchev–Trinajstić information content (AvgIpc) is 2.80. The summed E-state index contributed by atoms with van der Waals surface area (Å²) in [4.78, 5) is 15.0. The lowest BCUT2D eigenvalue weighted by Crippen LogP contribution is -2.08. The second-order valence-electron chi connectivity index (χ2n) is 4.43. The molecule has 21 heavy (non-hydrogen) atoms. The standard InChI is InChI=1S/C13H14Cl2N4O2/c1-3-9-13(19(20)21)11(4-2)18(17-9)7-10-8(14)5-6-12(15)16-10/h5-6H,3-4,7H2,1-2H3. The van der Waals surface area contributed by atoms with Crippen LogP contribution in [0, 0.1) is 10.1 Å². The van der Waals surface area contributed by atoms with Crippen molar-refractivity contribution in [2.75, 3.05) is 0 Å². The molecule has 8 heteroatoms. The van der Waals surface area contributed by atoms with Crippen LogP contribution in [0.2, 0.25) is 10.2 Å². The molecule has 0 aromatic carbocycles. The van der Waals surface area contributed by atoms with Crippen molar-refractivity contribution >= 4 is 28.9 Å². The molecule has 2 rings (SSSR count). The van der Waals surface area contributed by atoms with Gasteiger partial charge in [0.15, 0.2) is 0 Å². The van der Waals surface area contributed by atoms with Gasteiger partial charge in [-0.2, -0.15) is 5.10 Å². The normalized spacial score (nSPS) is 10.9. The predicted octanol–water partition coefficient (Wildman–Crippen LogP) is 3.67. The molecule has 2 aromatic heterocycles. The highest BCUT2D eigenvalue weighted by Gasteiger charge is 2.25. The van der Waals surface area contributed by atoms with Crippen molar-refractivity contribution < 1.29 is 4.92 Å². The van der Waals surface area contributed by atoms with Crippen LogP contribution in [0.3, 0.4) is 0 Å². The second-order valence-corrected chi connectivity index (χ2v) is 5.22. The first-order chi connectivity index (χ1) is 9.97. The fraction of sp³-hybridized carbons (Fsp3) is 0.385. The Morgan fingerprint density at radius 3 is 2.52 bits per heavy atom. The second kappa shape index (κ2) is 6.41. The summed E-state index contributed by atoms with van der Waals surface area (Å²) in [5.41, 5.74) is 1.65. The van der Waals surface area contributed by atoms with E-state index in [4.69, 9.17) is 23.2 Å². The lowest BCUT2D eigenvalue weighted by atomic mass is 10.2. The van der Waals surface area contributed by atoms with Crippen LogP contribution >= 0.6 is 23.2 Å². The van der Waals surface area contributed by atoms with Gasteiger partial charge in [-0.25, -0.2) is 4.98 Å². The summed E-state index contributed by atoms with van der Waals surface area (Å²) in [6.45, 7) is 3.94. The summed E-state index contributed by atoms with van der Waals surface area (Å²) < 4.78 is 1.58. The molecule has 0 aliphatic heterocycles. The molecule has 6 nitrogen and oxygen atoms in total. The van der Waals surface area contributed by atoms with Crippen LogP contribution in [0.25, 0.3) is 0 Å². The number of hydrogen-bond acceptors (Lipinski definition) is 4. The SMILES string of the molecule is CCc1nn(Cc2nc(Cl)ccc2Cl)c(CC)c1[N+](=O)[O-]. The quantitative estimate of drug-likeness (QED) is 0.477. The van der Waals surface area contributed by atoms with Gasteiger partial charge in [-0.3, -0.25) is 14.8 Å². The van der Waals surface area contributed by atoms with E-state index < -0.39 is 0 Å². The molecule has 0 radical (unpaired) electrons. The first kappa shape index (κ1) is 15.7. The summed E-state index contributed by atoms with van der Waals surface area (Å²) in [5, 5.41) is 16.3. The highest BCUT2D eigenvalue weighted by atomic mass is 35.5. The zero-order valence-electron chi connectivity index (χ0n) is 11.6. The Hall–Kier alpha value is -1.66. The molecule has 112 valence electrons. The van der Waals surface area contributed by atoms with Crippen LogP contribution in [-0.4, -0.2) is 19.7 Å². The van der Waals surface area contributed by atoms with Gasteiger partial charge in [-0.15, -0.1) is 0 Å². The van der Waals surface area contributed by atoms with Crippen LogP contribution in [0.1, 0.15) is 30.9 Å². The summed E-state index contributed by atoms with van der Waals surface area (Å²) in [5.74, 6) is 0. The monoisotopic (exact) mass is 328 g/mol. The molecule has 0 saturated carbocycles. The van der Waals surface area contributed by atoms with Gasteiger partial charge in [0, 0.05) is 0 Å². The summed E-state index contributed by atoms with van der Waals surface area (Å²) in [6.07, 6.45) is 0.995. The maximum absolute atomic E-state index is 11.2. The number of nitro groups is 1. The molecule has 0 unspecified atom stereocenters. The van der Waals surface area contributed by atoms with Gasteiger partial charge in [0.1, 0.15) is 16.5 Å². The lowest BCUT2D eigenvalue weighted by Gasteiger charge is -2.06.